The minimum absolute atomic E-state index is 0.541. The van der Waals surface area contributed by atoms with Gasteiger partial charge in [-0.25, -0.2) is 4.98 Å². The van der Waals surface area contributed by atoms with Crippen molar-refractivity contribution in [3.8, 4) is 11.5 Å². The fourth-order valence-electron chi connectivity index (χ4n) is 3.23. The van der Waals surface area contributed by atoms with E-state index in [1.165, 1.54) is 5.56 Å². The molecule has 2 aromatic carbocycles. The third kappa shape index (κ3) is 4.34. The van der Waals surface area contributed by atoms with Gasteiger partial charge in [0.1, 0.15) is 17.3 Å². The zero-order chi connectivity index (χ0) is 20.3. The molecule has 0 saturated carbocycles. The van der Waals surface area contributed by atoms with Gasteiger partial charge in [-0.1, -0.05) is 17.7 Å². The van der Waals surface area contributed by atoms with Gasteiger partial charge in [-0.3, -0.25) is 0 Å². The van der Waals surface area contributed by atoms with Crippen LogP contribution >= 0.6 is 0 Å². The molecular formula is C22H26N4O2. The molecular weight excluding hydrogens is 352 g/mol. The molecule has 0 unspecified atom stereocenters. The first-order chi connectivity index (χ1) is 13.4. The van der Waals surface area contributed by atoms with Gasteiger partial charge in [-0.2, -0.15) is 4.98 Å². The van der Waals surface area contributed by atoms with Gasteiger partial charge >= 0.3 is 0 Å². The first-order valence-corrected chi connectivity index (χ1v) is 9.09. The molecule has 6 heteroatoms. The Morgan fingerprint density at radius 3 is 2.14 bits per heavy atom. The van der Waals surface area contributed by atoms with Crippen LogP contribution in [0, 0.1) is 27.7 Å². The van der Waals surface area contributed by atoms with Crippen LogP contribution in [0.15, 0.2) is 36.4 Å². The minimum Gasteiger partial charge on any atom is -0.497 e. The molecule has 6 nitrogen and oxygen atoms in total. The minimum atomic E-state index is 0.541. The maximum absolute atomic E-state index is 5.44. The second-order valence-corrected chi connectivity index (χ2v) is 6.81. The molecule has 0 atom stereocenters. The van der Waals surface area contributed by atoms with Crippen LogP contribution in [0.1, 0.15) is 22.4 Å². The van der Waals surface area contributed by atoms with Crippen molar-refractivity contribution >= 4 is 23.1 Å². The second-order valence-electron chi connectivity index (χ2n) is 6.81. The number of aryl methyl sites for hydroxylation is 4. The van der Waals surface area contributed by atoms with E-state index in [1.54, 1.807) is 14.2 Å². The van der Waals surface area contributed by atoms with Gasteiger partial charge in [-0.15, -0.1) is 0 Å². The number of methoxy groups -OCH3 is 2. The summed E-state index contributed by atoms with van der Waals surface area (Å²) in [5.74, 6) is 2.65. The van der Waals surface area contributed by atoms with Crippen molar-refractivity contribution in [2.75, 3.05) is 24.9 Å². The Balaban J connectivity index is 1.93. The summed E-state index contributed by atoms with van der Waals surface area (Å²) >= 11 is 0. The highest BCUT2D eigenvalue weighted by molar-refractivity contribution is 5.68. The molecule has 0 radical (unpaired) electrons. The Kier molecular flexibility index (Phi) is 5.68. The molecule has 0 bridgehead atoms. The van der Waals surface area contributed by atoms with Crippen LogP contribution in [0.2, 0.25) is 0 Å². The standard InChI is InChI=1S/C22H26N4O2/c1-13-9-14(2)21(15(3)10-13)26-22-23-16(4)11-20(25-22)24-18-12-17(27-5)7-8-19(18)28-6/h7-12H,1-6H3,(H2,23,24,25,26). The highest BCUT2D eigenvalue weighted by Crippen LogP contribution is 2.32. The summed E-state index contributed by atoms with van der Waals surface area (Å²) in [7, 11) is 3.27. The van der Waals surface area contributed by atoms with Crippen LogP contribution in [0.3, 0.4) is 0 Å². The van der Waals surface area contributed by atoms with E-state index < -0.39 is 0 Å². The summed E-state index contributed by atoms with van der Waals surface area (Å²) in [6.07, 6.45) is 0. The van der Waals surface area contributed by atoms with Crippen molar-refractivity contribution in [2.24, 2.45) is 0 Å². The van der Waals surface area contributed by atoms with E-state index in [0.717, 1.165) is 33.9 Å². The number of nitrogens with one attached hydrogen (secondary N) is 2. The molecule has 3 aromatic rings. The Hall–Kier alpha value is -3.28. The summed E-state index contributed by atoms with van der Waals surface area (Å²) < 4.78 is 10.8. The molecule has 0 amide bonds. The average Bonchev–Trinajstić information content (AvgIpc) is 2.64. The molecule has 0 fully saturated rings. The summed E-state index contributed by atoms with van der Waals surface area (Å²) in [6, 6.07) is 11.8. The number of anilines is 4. The van der Waals surface area contributed by atoms with Crippen LogP contribution in [0.4, 0.5) is 23.1 Å². The first kappa shape index (κ1) is 19.5. The molecule has 0 spiro atoms. The van der Waals surface area contributed by atoms with Gasteiger partial charge in [0.25, 0.3) is 0 Å². The van der Waals surface area contributed by atoms with Crippen LogP contribution in [-0.2, 0) is 0 Å². The Morgan fingerprint density at radius 1 is 0.786 bits per heavy atom. The average molecular weight is 378 g/mol. The number of hydrogen-bond donors (Lipinski definition) is 2. The van der Waals surface area contributed by atoms with E-state index in [4.69, 9.17) is 9.47 Å². The number of benzene rings is 2. The van der Waals surface area contributed by atoms with E-state index in [1.807, 2.05) is 31.2 Å². The molecule has 0 aliphatic heterocycles. The van der Waals surface area contributed by atoms with Crippen molar-refractivity contribution in [1.29, 1.82) is 0 Å². The van der Waals surface area contributed by atoms with Gasteiger partial charge < -0.3 is 20.1 Å². The molecule has 0 aliphatic carbocycles. The molecule has 146 valence electrons. The highest BCUT2D eigenvalue weighted by Gasteiger charge is 2.10. The van der Waals surface area contributed by atoms with Gasteiger partial charge in [-0.05, 0) is 51.0 Å². The monoisotopic (exact) mass is 378 g/mol. The quantitative estimate of drug-likeness (QED) is 0.613. The third-order valence-electron chi connectivity index (χ3n) is 4.44. The second kappa shape index (κ2) is 8.17. The van der Waals surface area contributed by atoms with Crippen LogP contribution in [0.25, 0.3) is 0 Å². The van der Waals surface area contributed by atoms with E-state index in [0.29, 0.717) is 17.5 Å². The Morgan fingerprint density at radius 2 is 1.50 bits per heavy atom. The molecule has 2 N–H and O–H groups in total. The zero-order valence-corrected chi connectivity index (χ0v) is 17.2. The Bertz CT molecular complexity index is 979. The smallest absolute Gasteiger partial charge is 0.229 e. The van der Waals surface area contributed by atoms with Crippen LogP contribution in [0.5, 0.6) is 11.5 Å². The number of nitrogens with zero attached hydrogens (tertiary/aromatic N) is 2. The SMILES string of the molecule is COc1ccc(OC)c(Nc2cc(C)nc(Nc3c(C)cc(C)cc3C)n2)c1. The van der Waals surface area contributed by atoms with Crippen molar-refractivity contribution in [1.82, 2.24) is 9.97 Å². The zero-order valence-electron chi connectivity index (χ0n) is 17.2. The summed E-state index contributed by atoms with van der Waals surface area (Å²) in [4.78, 5) is 9.16. The summed E-state index contributed by atoms with van der Waals surface area (Å²) in [5, 5.41) is 6.68. The molecule has 28 heavy (non-hydrogen) atoms. The highest BCUT2D eigenvalue weighted by atomic mass is 16.5. The van der Waals surface area contributed by atoms with E-state index in [-0.39, 0.29) is 0 Å². The number of aromatic nitrogens is 2. The normalized spacial score (nSPS) is 10.5. The lowest BCUT2D eigenvalue weighted by atomic mass is 10.1. The van der Waals surface area contributed by atoms with Gasteiger partial charge in [0.15, 0.2) is 0 Å². The Labute approximate surface area is 166 Å². The number of rotatable bonds is 6. The van der Waals surface area contributed by atoms with Gasteiger partial charge in [0.2, 0.25) is 5.95 Å². The van der Waals surface area contributed by atoms with E-state index in [2.05, 4.69) is 53.5 Å². The third-order valence-corrected chi connectivity index (χ3v) is 4.44. The number of hydrogen-bond acceptors (Lipinski definition) is 6. The van der Waals surface area contributed by atoms with E-state index >= 15 is 0 Å². The van der Waals surface area contributed by atoms with Crippen molar-refractivity contribution in [3.05, 3.63) is 58.8 Å². The predicted molar refractivity (Wildman–Crippen MR) is 114 cm³/mol. The lowest BCUT2D eigenvalue weighted by Gasteiger charge is -2.15. The van der Waals surface area contributed by atoms with E-state index in [9.17, 15) is 0 Å². The molecule has 1 heterocycles. The predicted octanol–water partition coefficient (Wildman–Crippen LogP) is 5.21. The summed E-state index contributed by atoms with van der Waals surface area (Å²) in [6.45, 7) is 8.20. The first-order valence-electron chi connectivity index (χ1n) is 9.09. The molecule has 0 aliphatic rings. The molecule has 0 saturated heterocycles. The molecule has 1 aromatic heterocycles. The lowest BCUT2D eigenvalue weighted by molar-refractivity contribution is 0.405. The largest absolute Gasteiger partial charge is 0.497 e. The maximum Gasteiger partial charge on any atom is 0.229 e. The maximum atomic E-state index is 5.44. The topological polar surface area (TPSA) is 68.3 Å². The summed E-state index contributed by atoms with van der Waals surface area (Å²) in [5.41, 5.74) is 6.20. The fraction of sp³-hybridized carbons (Fsp3) is 0.273. The molecule has 3 rings (SSSR count). The lowest BCUT2D eigenvalue weighted by Crippen LogP contribution is -2.05. The van der Waals surface area contributed by atoms with Crippen LogP contribution < -0.4 is 20.1 Å². The number of ether oxygens (including phenoxy) is 2. The van der Waals surface area contributed by atoms with Crippen LogP contribution in [-0.4, -0.2) is 24.2 Å². The van der Waals surface area contributed by atoms with Crippen molar-refractivity contribution < 1.29 is 9.47 Å². The van der Waals surface area contributed by atoms with Gasteiger partial charge in [0.05, 0.1) is 19.9 Å². The fourth-order valence-corrected chi connectivity index (χ4v) is 3.23. The van der Waals surface area contributed by atoms with Gasteiger partial charge in [0, 0.05) is 23.5 Å². The van der Waals surface area contributed by atoms with Crippen molar-refractivity contribution in [2.45, 2.75) is 27.7 Å². The van der Waals surface area contributed by atoms with Crippen molar-refractivity contribution in [3.63, 3.8) is 0 Å².